The minimum atomic E-state index is -0.492. The highest BCUT2D eigenvalue weighted by atomic mass is 16.5. The molecule has 0 aromatic heterocycles. The Balaban J connectivity index is 1.46. The van der Waals surface area contributed by atoms with Gasteiger partial charge in [-0.15, -0.1) is 0 Å². The summed E-state index contributed by atoms with van der Waals surface area (Å²) in [6, 6.07) is 12.0. The number of nitrogens with two attached hydrogens (primary N) is 2. The molecule has 0 saturated heterocycles. The van der Waals surface area contributed by atoms with Crippen LogP contribution in [0.3, 0.4) is 0 Å². The summed E-state index contributed by atoms with van der Waals surface area (Å²) in [7, 11) is 0. The largest absolute Gasteiger partial charge is 0.459 e. The first-order valence-corrected chi connectivity index (χ1v) is 11.2. The molecule has 6 heteroatoms. The topological polar surface area (TPSA) is 105 Å². The smallest absolute Gasteiger partial charge is 0.338 e. The fourth-order valence-corrected chi connectivity index (χ4v) is 4.01. The van der Waals surface area contributed by atoms with E-state index in [0.29, 0.717) is 22.5 Å². The second-order valence-electron chi connectivity index (χ2n) is 8.36. The summed E-state index contributed by atoms with van der Waals surface area (Å²) in [5, 5.41) is 0. The number of anilines is 2. The Morgan fingerprint density at radius 1 is 1.03 bits per heavy atom. The summed E-state index contributed by atoms with van der Waals surface area (Å²) in [6.45, 7) is 2.26. The average molecular weight is 437 g/mol. The third-order valence-electron chi connectivity index (χ3n) is 5.86. The van der Waals surface area contributed by atoms with Crippen LogP contribution in [0.15, 0.2) is 48.5 Å². The van der Waals surface area contributed by atoms with E-state index in [4.69, 9.17) is 20.9 Å². The molecule has 1 aliphatic carbocycles. The van der Waals surface area contributed by atoms with Crippen LogP contribution in [0.25, 0.3) is 6.08 Å². The van der Waals surface area contributed by atoms with Gasteiger partial charge in [0, 0.05) is 23.0 Å². The van der Waals surface area contributed by atoms with Crippen molar-refractivity contribution in [2.24, 2.45) is 5.92 Å². The molecule has 0 amide bonds. The number of carbonyl (C=O) groups excluding carboxylic acids is 2. The maximum absolute atomic E-state index is 12.4. The van der Waals surface area contributed by atoms with Crippen LogP contribution in [-0.2, 0) is 20.9 Å². The summed E-state index contributed by atoms with van der Waals surface area (Å²) < 4.78 is 10.9. The minimum Gasteiger partial charge on any atom is -0.459 e. The fourth-order valence-electron chi connectivity index (χ4n) is 4.01. The highest BCUT2D eigenvalue weighted by Gasteiger charge is 2.23. The molecule has 0 atom stereocenters. The quantitative estimate of drug-likeness (QED) is 0.338. The normalized spacial score (nSPS) is 18.4. The second-order valence-corrected chi connectivity index (χ2v) is 8.36. The van der Waals surface area contributed by atoms with Gasteiger partial charge in [0.15, 0.2) is 0 Å². The monoisotopic (exact) mass is 436 g/mol. The number of nitrogen functional groups attached to an aromatic ring is 2. The first-order valence-electron chi connectivity index (χ1n) is 11.2. The van der Waals surface area contributed by atoms with E-state index in [-0.39, 0.29) is 18.7 Å². The third-order valence-corrected chi connectivity index (χ3v) is 5.86. The van der Waals surface area contributed by atoms with Gasteiger partial charge in [-0.3, -0.25) is 0 Å². The molecule has 1 aliphatic rings. The predicted molar refractivity (Wildman–Crippen MR) is 127 cm³/mol. The summed E-state index contributed by atoms with van der Waals surface area (Å²) >= 11 is 0. The van der Waals surface area contributed by atoms with Crippen molar-refractivity contribution in [3.8, 4) is 0 Å². The highest BCUT2D eigenvalue weighted by molar-refractivity contribution is 5.90. The van der Waals surface area contributed by atoms with Gasteiger partial charge in [-0.2, -0.15) is 0 Å². The van der Waals surface area contributed by atoms with Crippen LogP contribution in [0.2, 0.25) is 0 Å². The molecule has 2 aromatic carbocycles. The van der Waals surface area contributed by atoms with Crippen molar-refractivity contribution in [3.63, 3.8) is 0 Å². The van der Waals surface area contributed by atoms with Crippen LogP contribution in [-0.4, -0.2) is 18.0 Å². The standard InChI is InChI=1S/C26H32N2O4/c1-2-3-18-6-12-23(13-7-18)32-26(30)20-9-4-19(5-10-20)8-15-25(29)31-17-21-16-22(27)11-14-24(21)28/h4-5,8-11,14-16,18,23H,2-3,6-7,12-13,17,27-28H2,1H3/b15-8+. The molecule has 1 saturated carbocycles. The summed E-state index contributed by atoms with van der Waals surface area (Å²) in [5.74, 6) is -0.0107. The molecule has 0 bridgehead atoms. The Bertz CT molecular complexity index is 945. The molecule has 0 aliphatic heterocycles. The van der Waals surface area contributed by atoms with Crippen LogP contribution in [0.1, 0.15) is 66.9 Å². The lowest BCUT2D eigenvalue weighted by Gasteiger charge is -2.28. The van der Waals surface area contributed by atoms with Crippen molar-refractivity contribution in [2.75, 3.05) is 11.5 Å². The Hall–Kier alpha value is -3.28. The van der Waals surface area contributed by atoms with E-state index in [1.54, 1.807) is 48.5 Å². The number of benzene rings is 2. The van der Waals surface area contributed by atoms with Gasteiger partial charge in [0.25, 0.3) is 0 Å². The zero-order valence-electron chi connectivity index (χ0n) is 18.6. The first-order chi connectivity index (χ1) is 15.4. The molecule has 0 radical (unpaired) electrons. The fraction of sp³-hybridized carbons (Fsp3) is 0.385. The van der Waals surface area contributed by atoms with E-state index in [1.807, 2.05) is 0 Å². The van der Waals surface area contributed by atoms with E-state index < -0.39 is 5.97 Å². The zero-order chi connectivity index (χ0) is 22.9. The second kappa shape index (κ2) is 11.4. The molecular weight excluding hydrogens is 404 g/mol. The van der Waals surface area contributed by atoms with Gasteiger partial charge in [0.2, 0.25) is 0 Å². The zero-order valence-corrected chi connectivity index (χ0v) is 18.6. The molecule has 3 rings (SSSR count). The van der Waals surface area contributed by atoms with Gasteiger partial charge in [-0.25, -0.2) is 9.59 Å². The number of carbonyl (C=O) groups is 2. The van der Waals surface area contributed by atoms with Gasteiger partial charge in [-0.1, -0.05) is 31.9 Å². The van der Waals surface area contributed by atoms with Crippen molar-refractivity contribution >= 4 is 29.4 Å². The van der Waals surface area contributed by atoms with Crippen molar-refractivity contribution in [3.05, 3.63) is 65.2 Å². The Morgan fingerprint density at radius 2 is 1.75 bits per heavy atom. The minimum absolute atomic E-state index is 0.0129. The molecular formula is C26H32N2O4. The molecule has 6 nitrogen and oxygen atoms in total. The van der Waals surface area contributed by atoms with Crippen LogP contribution in [0, 0.1) is 5.92 Å². The van der Waals surface area contributed by atoms with Crippen molar-refractivity contribution in [2.45, 2.75) is 58.2 Å². The SMILES string of the molecule is CCCC1CCC(OC(=O)c2ccc(/C=C/C(=O)OCc3cc(N)ccc3N)cc2)CC1. The highest BCUT2D eigenvalue weighted by Crippen LogP contribution is 2.29. The van der Waals surface area contributed by atoms with Gasteiger partial charge < -0.3 is 20.9 Å². The van der Waals surface area contributed by atoms with Crippen molar-refractivity contribution in [1.29, 1.82) is 0 Å². The number of hydrogen-bond acceptors (Lipinski definition) is 6. The molecule has 4 N–H and O–H groups in total. The maximum Gasteiger partial charge on any atom is 0.338 e. The molecule has 0 heterocycles. The number of hydrogen-bond donors (Lipinski definition) is 2. The molecule has 1 fully saturated rings. The van der Waals surface area contributed by atoms with Crippen LogP contribution in [0.4, 0.5) is 11.4 Å². The lowest BCUT2D eigenvalue weighted by atomic mass is 9.85. The average Bonchev–Trinajstić information content (AvgIpc) is 2.80. The van der Waals surface area contributed by atoms with Crippen LogP contribution in [0.5, 0.6) is 0 Å². The Kier molecular flexibility index (Phi) is 8.31. The molecule has 32 heavy (non-hydrogen) atoms. The Morgan fingerprint density at radius 3 is 2.44 bits per heavy atom. The van der Waals surface area contributed by atoms with Gasteiger partial charge in [0.05, 0.1) is 5.56 Å². The summed E-state index contributed by atoms with van der Waals surface area (Å²) in [4.78, 5) is 24.4. The van der Waals surface area contributed by atoms with Gasteiger partial charge >= 0.3 is 11.9 Å². The number of esters is 2. The summed E-state index contributed by atoms with van der Waals surface area (Å²) in [6.07, 6.45) is 9.62. The van der Waals surface area contributed by atoms with E-state index in [1.165, 1.54) is 18.9 Å². The van der Waals surface area contributed by atoms with Gasteiger partial charge in [-0.05, 0) is 73.6 Å². The number of ether oxygens (including phenoxy) is 2. The van der Waals surface area contributed by atoms with Crippen molar-refractivity contribution < 1.29 is 19.1 Å². The maximum atomic E-state index is 12.4. The Labute approximate surface area is 189 Å². The van der Waals surface area contributed by atoms with Crippen LogP contribution < -0.4 is 11.5 Å². The lowest BCUT2D eigenvalue weighted by Crippen LogP contribution is -2.24. The lowest BCUT2D eigenvalue weighted by molar-refractivity contribution is -0.138. The molecule has 0 spiro atoms. The molecule has 0 unspecified atom stereocenters. The van der Waals surface area contributed by atoms with Crippen LogP contribution >= 0.6 is 0 Å². The molecule has 170 valence electrons. The first kappa shape index (κ1) is 23.4. The molecule has 2 aromatic rings. The van der Waals surface area contributed by atoms with Gasteiger partial charge in [0.1, 0.15) is 12.7 Å². The van der Waals surface area contributed by atoms with E-state index in [9.17, 15) is 9.59 Å². The summed E-state index contributed by atoms with van der Waals surface area (Å²) in [5.41, 5.74) is 14.6. The van der Waals surface area contributed by atoms with E-state index in [2.05, 4.69) is 6.92 Å². The van der Waals surface area contributed by atoms with Crippen molar-refractivity contribution in [1.82, 2.24) is 0 Å². The van der Waals surface area contributed by atoms with E-state index in [0.717, 1.165) is 37.2 Å². The predicted octanol–water partition coefficient (Wildman–Crippen LogP) is 5.12. The van der Waals surface area contributed by atoms with E-state index >= 15 is 0 Å². The third kappa shape index (κ3) is 6.87. The number of rotatable bonds is 8.